The molecule has 144 valence electrons. The van der Waals surface area contributed by atoms with Crippen LogP contribution in [0.3, 0.4) is 0 Å². The summed E-state index contributed by atoms with van der Waals surface area (Å²) in [5.74, 6) is -1.59. The van der Waals surface area contributed by atoms with Crippen LogP contribution in [-0.2, 0) is 15.7 Å². The average molecular weight is 387 g/mol. The van der Waals surface area contributed by atoms with E-state index in [0.29, 0.717) is 11.8 Å². The monoisotopic (exact) mass is 387 g/mol. The highest BCUT2D eigenvalue weighted by Crippen LogP contribution is 2.29. The van der Waals surface area contributed by atoms with E-state index in [4.69, 9.17) is 4.74 Å². The SMILES string of the molecule is C[C@H](OC(=O)c1cccc(C(F)(F)F)c1)C(=O)Nc1cccc2ccccc12. The molecule has 0 saturated heterocycles. The maximum absolute atomic E-state index is 12.8. The number of hydrogen-bond donors (Lipinski definition) is 1. The molecule has 3 rings (SSSR count). The molecule has 1 amide bonds. The van der Waals surface area contributed by atoms with Crippen LogP contribution in [0.15, 0.2) is 66.7 Å². The molecule has 0 spiro atoms. The van der Waals surface area contributed by atoms with Gasteiger partial charge in [0.25, 0.3) is 5.91 Å². The van der Waals surface area contributed by atoms with Gasteiger partial charge < -0.3 is 10.1 Å². The van der Waals surface area contributed by atoms with Gasteiger partial charge in [-0.2, -0.15) is 13.2 Å². The van der Waals surface area contributed by atoms with Crippen molar-refractivity contribution in [2.45, 2.75) is 19.2 Å². The van der Waals surface area contributed by atoms with Crippen LogP contribution in [0, 0.1) is 0 Å². The number of fused-ring (bicyclic) bond motifs is 1. The quantitative estimate of drug-likeness (QED) is 0.638. The molecule has 0 aliphatic heterocycles. The Kier molecular flexibility index (Phi) is 5.35. The molecule has 7 heteroatoms. The molecule has 28 heavy (non-hydrogen) atoms. The van der Waals surface area contributed by atoms with E-state index < -0.39 is 29.7 Å². The molecule has 1 N–H and O–H groups in total. The van der Waals surface area contributed by atoms with E-state index in [-0.39, 0.29) is 5.56 Å². The second-order valence-corrected chi connectivity index (χ2v) is 6.14. The first-order chi connectivity index (χ1) is 13.3. The van der Waals surface area contributed by atoms with E-state index in [2.05, 4.69) is 5.32 Å². The zero-order valence-corrected chi connectivity index (χ0v) is 14.8. The second-order valence-electron chi connectivity index (χ2n) is 6.14. The number of anilines is 1. The highest BCUT2D eigenvalue weighted by atomic mass is 19.4. The number of benzene rings is 3. The van der Waals surface area contributed by atoms with Gasteiger partial charge in [-0.05, 0) is 36.6 Å². The van der Waals surface area contributed by atoms with E-state index >= 15 is 0 Å². The number of halogens is 3. The lowest BCUT2D eigenvalue weighted by Crippen LogP contribution is -2.30. The normalized spacial score (nSPS) is 12.4. The van der Waals surface area contributed by atoms with Gasteiger partial charge >= 0.3 is 12.1 Å². The standard InChI is InChI=1S/C21H16F3NO3/c1-13(28-20(27)15-8-4-9-16(12-15)21(22,23)24)19(26)25-18-11-5-7-14-6-2-3-10-17(14)18/h2-13H,1H3,(H,25,26)/t13-/m0/s1. The van der Waals surface area contributed by atoms with Crippen molar-refractivity contribution in [3.05, 3.63) is 77.9 Å². The first-order valence-electron chi connectivity index (χ1n) is 8.42. The van der Waals surface area contributed by atoms with Crippen LogP contribution in [0.25, 0.3) is 10.8 Å². The number of alkyl halides is 3. The van der Waals surface area contributed by atoms with Gasteiger partial charge in [-0.1, -0.05) is 42.5 Å². The topological polar surface area (TPSA) is 55.4 Å². The van der Waals surface area contributed by atoms with Crippen molar-refractivity contribution in [1.82, 2.24) is 0 Å². The summed E-state index contributed by atoms with van der Waals surface area (Å²) in [6.45, 7) is 1.35. The van der Waals surface area contributed by atoms with Crippen molar-refractivity contribution in [2.24, 2.45) is 0 Å². The van der Waals surface area contributed by atoms with Crippen LogP contribution >= 0.6 is 0 Å². The Hall–Kier alpha value is -3.35. The summed E-state index contributed by atoms with van der Waals surface area (Å²) in [5, 5.41) is 4.42. The van der Waals surface area contributed by atoms with Gasteiger partial charge in [-0.25, -0.2) is 4.79 Å². The third kappa shape index (κ3) is 4.31. The summed E-state index contributed by atoms with van der Waals surface area (Å²) in [7, 11) is 0. The summed E-state index contributed by atoms with van der Waals surface area (Å²) in [5.41, 5.74) is -0.695. The molecule has 0 bridgehead atoms. The van der Waals surface area contributed by atoms with E-state index in [1.807, 2.05) is 30.3 Å². The lowest BCUT2D eigenvalue weighted by atomic mass is 10.1. The number of esters is 1. The molecule has 0 aliphatic carbocycles. The molecule has 0 radical (unpaired) electrons. The zero-order valence-electron chi connectivity index (χ0n) is 14.8. The minimum absolute atomic E-state index is 0.278. The molecule has 0 saturated carbocycles. The molecule has 3 aromatic rings. The summed E-state index contributed by atoms with van der Waals surface area (Å²) in [6, 6.07) is 16.7. The van der Waals surface area contributed by atoms with Gasteiger partial charge in [-0.15, -0.1) is 0 Å². The maximum atomic E-state index is 12.8. The fourth-order valence-electron chi connectivity index (χ4n) is 2.67. The minimum atomic E-state index is -4.58. The lowest BCUT2D eigenvalue weighted by molar-refractivity contribution is -0.137. The van der Waals surface area contributed by atoms with Gasteiger partial charge in [0.15, 0.2) is 6.10 Å². The van der Waals surface area contributed by atoms with Gasteiger partial charge in [0, 0.05) is 11.1 Å². The smallest absolute Gasteiger partial charge is 0.416 e. The van der Waals surface area contributed by atoms with Crippen LogP contribution in [0.1, 0.15) is 22.8 Å². The largest absolute Gasteiger partial charge is 0.449 e. The Bertz CT molecular complexity index is 1030. The Morgan fingerprint density at radius 3 is 2.39 bits per heavy atom. The number of carbonyl (C=O) groups excluding carboxylic acids is 2. The number of rotatable bonds is 4. The Morgan fingerprint density at radius 1 is 0.964 bits per heavy atom. The highest BCUT2D eigenvalue weighted by Gasteiger charge is 2.31. The maximum Gasteiger partial charge on any atom is 0.416 e. The summed E-state index contributed by atoms with van der Waals surface area (Å²) in [6.07, 6.45) is -5.77. The third-order valence-electron chi connectivity index (χ3n) is 4.13. The Morgan fingerprint density at radius 2 is 1.64 bits per heavy atom. The van der Waals surface area contributed by atoms with Crippen molar-refractivity contribution < 1.29 is 27.5 Å². The molecule has 0 aliphatic rings. The number of amides is 1. The number of nitrogens with one attached hydrogen (secondary N) is 1. The molecular weight excluding hydrogens is 371 g/mol. The van der Waals surface area contributed by atoms with Crippen molar-refractivity contribution in [3.63, 3.8) is 0 Å². The Balaban J connectivity index is 1.71. The van der Waals surface area contributed by atoms with Crippen LogP contribution in [0.4, 0.5) is 18.9 Å². The molecule has 0 heterocycles. The van der Waals surface area contributed by atoms with E-state index in [1.54, 1.807) is 12.1 Å². The fraction of sp³-hybridized carbons (Fsp3) is 0.143. The summed E-state index contributed by atoms with van der Waals surface area (Å²) < 4.78 is 43.4. The first-order valence-corrected chi connectivity index (χ1v) is 8.42. The van der Waals surface area contributed by atoms with Crippen molar-refractivity contribution in [3.8, 4) is 0 Å². The predicted octanol–water partition coefficient (Wildman–Crippen LogP) is 5.04. The van der Waals surface area contributed by atoms with Gasteiger partial charge in [0.1, 0.15) is 0 Å². The van der Waals surface area contributed by atoms with Gasteiger partial charge in [0.2, 0.25) is 0 Å². The van der Waals surface area contributed by atoms with Crippen molar-refractivity contribution in [2.75, 3.05) is 5.32 Å². The van der Waals surface area contributed by atoms with Gasteiger partial charge in [-0.3, -0.25) is 4.79 Å². The van der Waals surface area contributed by atoms with Crippen LogP contribution in [-0.4, -0.2) is 18.0 Å². The first kappa shape index (κ1) is 19.4. The molecular formula is C21H16F3NO3. The molecule has 1 atom stereocenters. The molecule has 0 unspecified atom stereocenters. The van der Waals surface area contributed by atoms with E-state index in [0.717, 1.165) is 22.9 Å². The summed E-state index contributed by atoms with van der Waals surface area (Å²) in [4.78, 5) is 24.5. The molecule has 4 nitrogen and oxygen atoms in total. The molecule has 0 fully saturated rings. The fourth-order valence-corrected chi connectivity index (χ4v) is 2.67. The third-order valence-corrected chi connectivity index (χ3v) is 4.13. The van der Waals surface area contributed by atoms with E-state index in [1.165, 1.54) is 13.0 Å². The van der Waals surface area contributed by atoms with Crippen LogP contribution in [0.5, 0.6) is 0 Å². The summed E-state index contributed by atoms with van der Waals surface area (Å²) >= 11 is 0. The zero-order chi connectivity index (χ0) is 20.3. The highest BCUT2D eigenvalue weighted by molar-refractivity contribution is 6.04. The number of ether oxygens (including phenoxy) is 1. The molecule has 3 aromatic carbocycles. The molecule has 0 aromatic heterocycles. The van der Waals surface area contributed by atoms with Crippen molar-refractivity contribution >= 4 is 28.3 Å². The van der Waals surface area contributed by atoms with Crippen molar-refractivity contribution in [1.29, 1.82) is 0 Å². The van der Waals surface area contributed by atoms with Gasteiger partial charge in [0.05, 0.1) is 11.1 Å². The average Bonchev–Trinajstić information content (AvgIpc) is 2.67. The predicted molar refractivity (Wildman–Crippen MR) is 98.9 cm³/mol. The van der Waals surface area contributed by atoms with E-state index in [9.17, 15) is 22.8 Å². The lowest BCUT2D eigenvalue weighted by Gasteiger charge is -2.15. The second kappa shape index (κ2) is 7.72. The Labute approximate surface area is 158 Å². The number of carbonyl (C=O) groups is 2. The van der Waals surface area contributed by atoms with Crippen LogP contribution < -0.4 is 5.32 Å². The van der Waals surface area contributed by atoms with Crippen LogP contribution in [0.2, 0.25) is 0 Å². The number of hydrogen-bond acceptors (Lipinski definition) is 3. The minimum Gasteiger partial charge on any atom is -0.449 e.